The lowest BCUT2D eigenvalue weighted by atomic mass is 9.95. The third kappa shape index (κ3) is 4.64. The van der Waals surface area contributed by atoms with Gasteiger partial charge < -0.3 is 19.6 Å². The molecule has 1 amide bonds. The van der Waals surface area contributed by atoms with E-state index in [0.717, 1.165) is 22.1 Å². The molecule has 1 atom stereocenters. The van der Waals surface area contributed by atoms with Crippen LogP contribution < -0.4 is 5.32 Å². The highest BCUT2D eigenvalue weighted by Crippen LogP contribution is 2.29. The Morgan fingerprint density at radius 2 is 2.04 bits per heavy atom. The Bertz CT molecular complexity index is 808. The molecule has 0 aliphatic rings. The zero-order valence-corrected chi connectivity index (χ0v) is 16.0. The maximum atomic E-state index is 12.5. The van der Waals surface area contributed by atoms with E-state index in [1.807, 2.05) is 13.0 Å². The van der Waals surface area contributed by atoms with Crippen LogP contribution in [0.2, 0.25) is 0 Å². The minimum absolute atomic E-state index is 0.118. The van der Waals surface area contributed by atoms with Gasteiger partial charge in [-0.05, 0) is 43.0 Å². The number of carboxylic acids is 1. The van der Waals surface area contributed by atoms with Gasteiger partial charge in [0, 0.05) is 18.1 Å². The van der Waals surface area contributed by atoms with E-state index in [2.05, 4.69) is 25.2 Å². The molecule has 6 heteroatoms. The Morgan fingerprint density at radius 1 is 1.35 bits per heavy atom. The van der Waals surface area contributed by atoms with Crippen LogP contribution in [-0.4, -0.2) is 36.2 Å². The zero-order chi connectivity index (χ0) is 19.5. The smallest absolute Gasteiger partial charge is 0.305 e. The number of hydrogen-bond acceptors (Lipinski definition) is 4. The minimum atomic E-state index is -0.990. The average molecular weight is 361 g/mol. The summed E-state index contributed by atoms with van der Waals surface area (Å²) in [4.78, 5) is 23.6. The fourth-order valence-corrected chi connectivity index (χ4v) is 3.34. The van der Waals surface area contributed by atoms with Gasteiger partial charge in [-0.15, -0.1) is 0 Å². The molecule has 1 unspecified atom stereocenters. The van der Waals surface area contributed by atoms with Gasteiger partial charge in [-0.3, -0.25) is 9.59 Å². The number of ether oxygens (including phenoxy) is 1. The van der Waals surface area contributed by atoms with Gasteiger partial charge in [0.1, 0.15) is 5.58 Å². The number of fused-ring (bicyclic) bond motifs is 1. The summed E-state index contributed by atoms with van der Waals surface area (Å²) in [6, 6.07) is 4.07. The van der Waals surface area contributed by atoms with Crippen LogP contribution >= 0.6 is 0 Å². The van der Waals surface area contributed by atoms with Gasteiger partial charge in [-0.1, -0.05) is 13.8 Å². The molecular formula is C20H27NO5. The van der Waals surface area contributed by atoms with Crippen LogP contribution in [0.1, 0.15) is 49.8 Å². The second kappa shape index (κ2) is 7.91. The molecule has 0 spiro atoms. The quantitative estimate of drug-likeness (QED) is 0.752. The molecule has 0 bridgehead atoms. The summed E-state index contributed by atoms with van der Waals surface area (Å²) in [5.41, 5.74) is 2.95. The van der Waals surface area contributed by atoms with E-state index in [1.54, 1.807) is 13.2 Å². The molecule has 2 rings (SSSR count). The van der Waals surface area contributed by atoms with Crippen LogP contribution in [0.3, 0.4) is 0 Å². The maximum absolute atomic E-state index is 12.5. The van der Waals surface area contributed by atoms with E-state index in [-0.39, 0.29) is 25.4 Å². The van der Waals surface area contributed by atoms with Crippen molar-refractivity contribution in [3.05, 3.63) is 35.1 Å². The molecule has 0 aliphatic carbocycles. The summed E-state index contributed by atoms with van der Waals surface area (Å²) >= 11 is 0. The van der Waals surface area contributed by atoms with Crippen LogP contribution in [0.15, 0.2) is 22.8 Å². The van der Waals surface area contributed by atoms with Crippen molar-refractivity contribution in [1.82, 2.24) is 5.32 Å². The Morgan fingerprint density at radius 3 is 2.62 bits per heavy atom. The first-order chi connectivity index (χ1) is 12.1. The lowest BCUT2D eigenvalue weighted by Crippen LogP contribution is -2.51. The summed E-state index contributed by atoms with van der Waals surface area (Å²) in [5.74, 6) is -0.882. The number of carboxylic acid groups (broad SMARTS) is 1. The molecule has 2 N–H and O–H groups in total. The minimum Gasteiger partial charge on any atom is -0.481 e. The molecule has 26 heavy (non-hydrogen) atoms. The van der Waals surface area contributed by atoms with E-state index >= 15 is 0 Å². The number of benzene rings is 1. The third-order valence-corrected chi connectivity index (χ3v) is 4.46. The van der Waals surface area contributed by atoms with Gasteiger partial charge in [-0.25, -0.2) is 0 Å². The predicted octanol–water partition coefficient (Wildman–Crippen LogP) is 3.40. The molecule has 1 aromatic heterocycles. The van der Waals surface area contributed by atoms with Gasteiger partial charge in [0.15, 0.2) is 0 Å². The Kier molecular flexibility index (Phi) is 6.08. The van der Waals surface area contributed by atoms with Gasteiger partial charge in [0.25, 0.3) is 0 Å². The van der Waals surface area contributed by atoms with E-state index in [0.29, 0.717) is 5.92 Å². The van der Waals surface area contributed by atoms with Gasteiger partial charge >= 0.3 is 5.97 Å². The second-order valence-electron chi connectivity index (χ2n) is 7.41. The molecule has 1 aromatic carbocycles. The second-order valence-corrected chi connectivity index (χ2v) is 7.41. The van der Waals surface area contributed by atoms with Crippen molar-refractivity contribution in [3.8, 4) is 0 Å². The van der Waals surface area contributed by atoms with Crippen molar-refractivity contribution in [2.75, 3.05) is 13.7 Å². The van der Waals surface area contributed by atoms with Crippen LogP contribution in [0, 0.1) is 6.92 Å². The Labute approximate surface area is 153 Å². The van der Waals surface area contributed by atoms with Crippen molar-refractivity contribution in [1.29, 1.82) is 0 Å². The summed E-state index contributed by atoms with van der Waals surface area (Å²) in [6.07, 6.45) is 1.50. The fraction of sp³-hybridized carbons (Fsp3) is 0.500. The number of nitrogens with one attached hydrogen (secondary N) is 1. The lowest BCUT2D eigenvalue weighted by Gasteiger charge is -2.28. The zero-order valence-electron chi connectivity index (χ0n) is 16.0. The molecule has 6 nitrogen and oxygen atoms in total. The summed E-state index contributed by atoms with van der Waals surface area (Å²) in [6.45, 7) is 8.08. The lowest BCUT2D eigenvalue weighted by molar-refractivity contribution is -0.139. The highest BCUT2D eigenvalue weighted by Gasteiger charge is 2.29. The topological polar surface area (TPSA) is 88.8 Å². The number of hydrogen-bond donors (Lipinski definition) is 2. The highest BCUT2D eigenvalue weighted by molar-refractivity contribution is 5.89. The number of aryl methyl sites for hydroxylation is 1. The number of amides is 1. The molecule has 0 aliphatic heterocycles. The van der Waals surface area contributed by atoms with Crippen molar-refractivity contribution < 1.29 is 23.8 Å². The molecule has 0 fully saturated rings. The van der Waals surface area contributed by atoms with Crippen LogP contribution in [-0.2, 0) is 20.7 Å². The number of rotatable bonds is 8. The number of furan rings is 1. The summed E-state index contributed by atoms with van der Waals surface area (Å²) in [5, 5.41) is 12.8. The molecular weight excluding hydrogens is 334 g/mol. The predicted molar refractivity (Wildman–Crippen MR) is 99.4 cm³/mol. The largest absolute Gasteiger partial charge is 0.481 e. The molecule has 0 saturated heterocycles. The molecule has 1 heterocycles. The van der Waals surface area contributed by atoms with Crippen molar-refractivity contribution >= 4 is 22.8 Å². The SMILES string of the molecule is COCC(C)(CC(=O)O)NC(=O)Cc1coc2cc(C)c(C(C)C)cc12. The first kappa shape index (κ1) is 20.0. The standard InChI is InChI=1S/C20H27NO5/c1-12(2)15-8-16-14(10-26-17(16)6-13(15)3)7-18(22)21-20(4,11-25-5)9-19(23)24/h6,8,10,12H,7,9,11H2,1-5H3,(H,21,22)(H,23,24). The van der Waals surface area contributed by atoms with Crippen LogP contribution in [0.5, 0.6) is 0 Å². The highest BCUT2D eigenvalue weighted by atomic mass is 16.5. The average Bonchev–Trinajstić information content (AvgIpc) is 2.86. The van der Waals surface area contributed by atoms with E-state index in [4.69, 9.17) is 14.3 Å². The number of carbonyl (C=O) groups excluding carboxylic acids is 1. The normalized spacial score (nSPS) is 13.8. The van der Waals surface area contributed by atoms with Gasteiger partial charge in [0.05, 0.1) is 31.3 Å². The monoisotopic (exact) mass is 361 g/mol. The number of methoxy groups -OCH3 is 1. The molecule has 2 aromatic rings. The van der Waals surface area contributed by atoms with E-state index < -0.39 is 11.5 Å². The fourth-order valence-electron chi connectivity index (χ4n) is 3.34. The first-order valence-corrected chi connectivity index (χ1v) is 8.67. The van der Waals surface area contributed by atoms with Crippen LogP contribution in [0.25, 0.3) is 11.0 Å². The Balaban J connectivity index is 2.23. The molecule has 0 saturated carbocycles. The van der Waals surface area contributed by atoms with Gasteiger partial charge in [-0.2, -0.15) is 0 Å². The number of carbonyl (C=O) groups is 2. The molecule has 142 valence electrons. The third-order valence-electron chi connectivity index (χ3n) is 4.46. The molecule has 0 radical (unpaired) electrons. The van der Waals surface area contributed by atoms with E-state index in [1.165, 1.54) is 12.7 Å². The first-order valence-electron chi connectivity index (χ1n) is 8.67. The number of aliphatic carboxylic acids is 1. The van der Waals surface area contributed by atoms with Crippen molar-refractivity contribution in [2.45, 2.75) is 52.0 Å². The summed E-state index contributed by atoms with van der Waals surface area (Å²) < 4.78 is 10.7. The van der Waals surface area contributed by atoms with Crippen molar-refractivity contribution in [2.24, 2.45) is 0 Å². The Hall–Kier alpha value is -2.34. The van der Waals surface area contributed by atoms with E-state index in [9.17, 15) is 9.59 Å². The summed E-state index contributed by atoms with van der Waals surface area (Å²) in [7, 11) is 1.48. The van der Waals surface area contributed by atoms with Gasteiger partial charge in [0.2, 0.25) is 5.91 Å². The van der Waals surface area contributed by atoms with Crippen molar-refractivity contribution in [3.63, 3.8) is 0 Å². The van der Waals surface area contributed by atoms with Crippen LogP contribution in [0.4, 0.5) is 0 Å². The maximum Gasteiger partial charge on any atom is 0.305 e.